The summed E-state index contributed by atoms with van der Waals surface area (Å²) in [4.78, 5) is 47.6. The summed E-state index contributed by atoms with van der Waals surface area (Å²) in [7, 11) is -3.64. The standard InChI is InChI=1S/C28H30FN5O7S/c1-17-13-20(34-26(37)31-25(36)28(34)15-40-16-28)14-18(2)22(17)7-12-42(38,39)33-10-8-27(9-11-33)24(35)30-23(32-27)19-3-5-21(41-29)6-4-19/h3-6,13-14H,7-12,15-16H2,1-2H3,(H,30,32,35)(H,31,36,37). The third-order valence-electron chi connectivity index (χ3n) is 8.65. The number of hydrogen-bond acceptors (Lipinski definition) is 8. The Morgan fingerprint density at radius 3 is 2.21 bits per heavy atom. The van der Waals surface area contributed by atoms with Crippen molar-refractivity contribution in [1.82, 2.24) is 14.9 Å². The summed E-state index contributed by atoms with van der Waals surface area (Å²) in [5.41, 5.74) is 1.56. The third kappa shape index (κ3) is 4.53. The van der Waals surface area contributed by atoms with Gasteiger partial charge in [0.1, 0.15) is 11.4 Å². The number of aryl methyl sites for hydroxylation is 2. The van der Waals surface area contributed by atoms with Crippen molar-refractivity contribution in [2.75, 3.05) is 37.0 Å². The summed E-state index contributed by atoms with van der Waals surface area (Å²) in [5.74, 6) is -0.388. The lowest BCUT2D eigenvalue weighted by atomic mass is 9.89. The molecule has 2 N–H and O–H groups in total. The molecule has 0 aromatic heterocycles. The summed E-state index contributed by atoms with van der Waals surface area (Å²) >= 11 is 0. The van der Waals surface area contributed by atoms with Crippen LogP contribution in [0.1, 0.15) is 35.1 Å². The number of urea groups is 1. The molecule has 3 fully saturated rings. The van der Waals surface area contributed by atoms with Crippen LogP contribution in [0.4, 0.5) is 15.0 Å². The molecule has 4 heterocycles. The molecule has 0 bridgehead atoms. The van der Waals surface area contributed by atoms with Gasteiger partial charge in [-0.25, -0.2) is 17.5 Å². The predicted molar refractivity (Wildman–Crippen MR) is 149 cm³/mol. The van der Waals surface area contributed by atoms with E-state index in [4.69, 9.17) is 4.74 Å². The van der Waals surface area contributed by atoms with E-state index in [9.17, 15) is 27.3 Å². The van der Waals surface area contributed by atoms with E-state index in [2.05, 4.69) is 20.6 Å². The summed E-state index contributed by atoms with van der Waals surface area (Å²) in [6, 6.07) is 9.10. The number of nitrogens with zero attached hydrogens (tertiary/aromatic N) is 3. The molecule has 222 valence electrons. The number of halogens is 1. The molecular weight excluding hydrogens is 569 g/mol. The zero-order chi connectivity index (χ0) is 29.9. The number of rotatable bonds is 7. The molecule has 2 aromatic carbocycles. The van der Waals surface area contributed by atoms with Crippen molar-refractivity contribution in [2.45, 2.75) is 44.2 Å². The minimum absolute atomic E-state index is 0.0332. The number of amides is 4. The van der Waals surface area contributed by atoms with Gasteiger partial charge in [0, 0.05) is 28.9 Å². The molecule has 2 aromatic rings. The van der Waals surface area contributed by atoms with Gasteiger partial charge in [0.05, 0.1) is 19.0 Å². The molecular formula is C28H30FN5O7S. The van der Waals surface area contributed by atoms with Crippen LogP contribution in [0, 0.1) is 13.8 Å². The van der Waals surface area contributed by atoms with Gasteiger partial charge in [-0.2, -0.15) is 0 Å². The van der Waals surface area contributed by atoms with Crippen LogP contribution in [0.25, 0.3) is 0 Å². The molecule has 4 aliphatic heterocycles. The van der Waals surface area contributed by atoms with Crippen LogP contribution < -0.4 is 20.5 Å². The van der Waals surface area contributed by atoms with Gasteiger partial charge in [0.2, 0.25) is 10.0 Å². The van der Waals surface area contributed by atoms with Crippen LogP contribution in [-0.4, -0.2) is 79.5 Å². The Bertz CT molecular complexity index is 1590. The summed E-state index contributed by atoms with van der Waals surface area (Å²) in [6.45, 7) is 4.26. The normalized spacial score (nSPS) is 21.4. The SMILES string of the molecule is Cc1cc(N2C(=O)NC(=O)C23COC3)cc(C)c1CCS(=O)(=O)N1CCC2(CC1)N=C(c1ccc(OF)cc1)NC2=O. The Morgan fingerprint density at radius 2 is 1.64 bits per heavy atom. The van der Waals surface area contributed by atoms with Gasteiger partial charge in [0.25, 0.3) is 11.8 Å². The van der Waals surface area contributed by atoms with E-state index in [1.165, 1.54) is 21.3 Å². The van der Waals surface area contributed by atoms with E-state index < -0.39 is 27.1 Å². The van der Waals surface area contributed by atoms with Gasteiger partial charge in [-0.1, -0.05) is 0 Å². The van der Waals surface area contributed by atoms with E-state index in [-0.39, 0.29) is 68.9 Å². The topological polar surface area (TPSA) is 147 Å². The van der Waals surface area contributed by atoms with Gasteiger partial charge in [-0.05, 0) is 86.2 Å². The van der Waals surface area contributed by atoms with Gasteiger partial charge < -0.3 is 10.1 Å². The van der Waals surface area contributed by atoms with Crippen molar-refractivity contribution in [3.8, 4) is 5.75 Å². The number of benzene rings is 2. The summed E-state index contributed by atoms with van der Waals surface area (Å²) in [6.07, 6.45) is 0.743. The van der Waals surface area contributed by atoms with Gasteiger partial charge in [-0.15, -0.1) is 0 Å². The van der Waals surface area contributed by atoms with Crippen LogP contribution in [0.5, 0.6) is 5.75 Å². The summed E-state index contributed by atoms with van der Waals surface area (Å²) < 4.78 is 45.7. The first-order chi connectivity index (χ1) is 20.0. The van der Waals surface area contributed by atoms with Crippen molar-refractivity contribution < 1.29 is 37.0 Å². The maximum atomic E-state index is 13.3. The van der Waals surface area contributed by atoms with Gasteiger partial charge in [0.15, 0.2) is 11.3 Å². The number of carbonyl (C=O) groups is 3. The van der Waals surface area contributed by atoms with Crippen LogP contribution in [0.3, 0.4) is 0 Å². The molecule has 0 saturated carbocycles. The first kappa shape index (κ1) is 28.2. The molecule has 42 heavy (non-hydrogen) atoms. The molecule has 12 nitrogen and oxygen atoms in total. The molecule has 3 saturated heterocycles. The number of aliphatic imine (C=N–C) groups is 1. The maximum absolute atomic E-state index is 13.3. The zero-order valence-electron chi connectivity index (χ0n) is 23.1. The summed E-state index contributed by atoms with van der Waals surface area (Å²) in [5, 5.41) is 5.14. The Hall–Kier alpha value is -3.88. The first-order valence-electron chi connectivity index (χ1n) is 13.6. The zero-order valence-corrected chi connectivity index (χ0v) is 23.9. The number of imide groups is 1. The Labute approximate surface area is 241 Å². The fourth-order valence-electron chi connectivity index (χ4n) is 6.13. The number of hydrogen-bond donors (Lipinski definition) is 2. The number of sulfonamides is 1. The van der Waals surface area contributed by atoms with E-state index in [1.54, 1.807) is 24.3 Å². The smallest absolute Gasteiger partial charge is 0.329 e. The largest absolute Gasteiger partial charge is 0.375 e. The third-order valence-corrected chi connectivity index (χ3v) is 10.5. The maximum Gasteiger partial charge on any atom is 0.329 e. The Kier molecular flexibility index (Phi) is 6.82. The average Bonchev–Trinajstić information content (AvgIpc) is 3.40. The fraction of sp³-hybridized carbons (Fsp3) is 0.429. The highest BCUT2D eigenvalue weighted by Crippen LogP contribution is 2.37. The number of anilines is 1. The highest BCUT2D eigenvalue weighted by atomic mass is 32.2. The highest BCUT2D eigenvalue weighted by Gasteiger charge is 2.59. The molecule has 14 heteroatoms. The Balaban J connectivity index is 1.12. The Morgan fingerprint density at radius 1 is 1.00 bits per heavy atom. The molecule has 0 radical (unpaired) electrons. The van der Waals surface area contributed by atoms with Gasteiger partial charge in [-0.3, -0.25) is 29.7 Å². The van der Waals surface area contributed by atoms with Crippen molar-refractivity contribution >= 4 is 39.4 Å². The van der Waals surface area contributed by atoms with Crippen LogP contribution in [0.2, 0.25) is 0 Å². The van der Waals surface area contributed by atoms with Crippen molar-refractivity contribution in [2.24, 2.45) is 4.99 Å². The number of carbonyl (C=O) groups excluding carboxylic acids is 3. The second-order valence-electron chi connectivity index (χ2n) is 11.2. The minimum Gasteiger partial charge on any atom is -0.375 e. The molecule has 0 unspecified atom stereocenters. The molecule has 4 aliphatic rings. The average molecular weight is 600 g/mol. The van der Waals surface area contributed by atoms with E-state index in [0.717, 1.165) is 16.7 Å². The van der Waals surface area contributed by atoms with Gasteiger partial charge >= 0.3 is 6.03 Å². The number of piperidine rings is 1. The van der Waals surface area contributed by atoms with Crippen molar-refractivity contribution in [1.29, 1.82) is 0 Å². The van der Waals surface area contributed by atoms with E-state index >= 15 is 0 Å². The molecule has 4 amide bonds. The number of nitrogens with one attached hydrogen (secondary N) is 2. The lowest BCUT2D eigenvalue weighted by Crippen LogP contribution is -2.64. The minimum atomic E-state index is -3.64. The molecule has 0 atom stereocenters. The molecule has 6 rings (SSSR count). The van der Waals surface area contributed by atoms with Crippen LogP contribution in [-0.2, 0) is 30.8 Å². The lowest BCUT2D eigenvalue weighted by Gasteiger charge is -2.41. The highest BCUT2D eigenvalue weighted by molar-refractivity contribution is 7.89. The van der Waals surface area contributed by atoms with Crippen LogP contribution in [0.15, 0.2) is 41.4 Å². The second kappa shape index (κ2) is 10.1. The van der Waals surface area contributed by atoms with Crippen molar-refractivity contribution in [3.63, 3.8) is 0 Å². The quantitative estimate of drug-likeness (QED) is 0.461. The van der Waals surface area contributed by atoms with E-state index in [1.807, 2.05) is 13.8 Å². The number of amidine groups is 1. The first-order valence-corrected chi connectivity index (χ1v) is 15.2. The van der Waals surface area contributed by atoms with Crippen molar-refractivity contribution in [3.05, 3.63) is 58.7 Å². The fourth-order valence-corrected chi connectivity index (χ4v) is 7.59. The predicted octanol–water partition coefficient (Wildman–Crippen LogP) is 1.68. The second-order valence-corrected chi connectivity index (χ2v) is 13.3. The van der Waals surface area contributed by atoms with E-state index in [0.29, 0.717) is 17.1 Å². The number of ether oxygens (including phenoxy) is 1. The molecule has 0 aliphatic carbocycles. The van der Waals surface area contributed by atoms with Crippen LogP contribution >= 0.6 is 0 Å². The lowest BCUT2D eigenvalue weighted by molar-refractivity contribution is -0.138. The molecule has 2 spiro atoms. The monoisotopic (exact) mass is 599 g/mol.